The second-order valence-corrected chi connectivity index (χ2v) is 6.55. The van der Waals surface area contributed by atoms with E-state index in [1.54, 1.807) is 48.8 Å². The maximum Gasteiger partial charge on any atom is 0.269 e. The van der Waals surface area contributed by atoms with E-state index in [1.165, 1.54) is 3.97 Å². The van der Waals surface area contributed by atoms with Gasteiger partial charge in [-0.2, -0.15) is 0 Å². The number of hydrogen-bond donors (Lipinski definition) is 0. The first-order chi connectivity index (χ1) is 9.51. The van der Waals surface area contributed by atoms with Crippen molar-refractivity contribution in [3.63, 3.8) is 0 Å². The molecular formula is C15H14N2O2S. The maximum atomic E-state index is 12.6. The van der Waals surface area contributed by atoms with E-state index in [0.29, 0.717) is 5.65 Å². The number of aryl methyl sites for hydroxylation is 2. The number of nitrogens with zero attached hydrogens (tertiary/aromatic N) is 2. The number of rotatable bonds is 2. The van der Waals surface area contributed by atoms with Crippen LogP contribution in [-0.4, -0.2) is 17.4 Å². The quantitative estimate of drug-likeness (QED) is 0.728. The molecule has 0 radical (unpaired) electrons. The Morgan fingerprint density at radius 1 is 1.05 bits per heavy atom. The number of aromatic nitrogens is 2. The summed E-state index contributed by atoms with van der Waals surface area (Å²) in [6.07, 6.45) is 3.26. The van der Waals surface area contributed by atoms with E-state index in [9.17, 15) is 8.42 Å². The molecule has 0 fully saturated rings. The van der Waals surface area contributed by atoms with Crippen molar-refractivity contribution in [3.05, 3.63) is 59.9 Å². The number of benzene rings is 1. The first-order valence-electron chi connectivity index (χ1n) is 6.26. The standard InChI is InChI=1S/C15H14N2O2S/c1-11-10-16-15-14(12(11)2)8-9-17(15)20(18,19)13-6-4-3-5-7-13/h3-10H,1-2H3. The van der Waals surface area contributed by atoms with E-state index in [0.717, 1.165) is 16.5 Å². The Kier molecular flexibility index (Phi) is 2.87. The fourth-order valence-electron chi connectivity index (χ4n) is 2.19. The monoisotopic (exact) mass is 286 g/mol. The molecule has 0 N–H and O–H groups in total. The van der Waals surface area contributed by atoms with Crippen LogP contribution in [0, 0.1) is 13.8 Å². The lowest BCUT2D eigenvalue weighted by molar-refractivity contribution is 0.589. The Morgan fingerprint density at radius 3 is 2.45 bits per heavy atom. The molecule has 0 saturated heterocycles. The normalized spacial score (nSPS) is 11.9. The summed E-state index contributed by atoms with van der Waals surface area (Å²) >= 11 is 0. The summed E-state index contributed by atoms with van der Waals surface area (Å²) in [5.74, 6) is 0. The van der Waals surface area contributed by atoms with Crippen molar-refractivity contribution in [1.82, 2.24) is 8.96 Å². The van der Waals surface area contributed by atoms with Gasteiger partial charge in [0.25, 0.3) is 10.0 Å². The summed E-state index contributed by atoms with van der Waals surface area (Å²) in [6, 6.07) is 10.2. The van der Waals surface area contributed by atoms with Gasteiger partial charge in [0.1, 0.15) is 0 Å². The van der Waals surface area contributed by atoms with Crippen molar-refractivity contribution in [3.8, 4) is 0 Å². The van der Waals surface area contributed by atoms with Gasteiger partial charge in [-0.05, 0) is 43.2 Å². The van der Waals surface area contributed by atoms with E-state index in [-0.39, 0.29) is 4.90 Å². The summed E-state index contributed by atoms with van der Waals surface area (Å²) in [4.78, 5) is 4.54. The topological polar surface area (TPSA) is 52.0 Å². The molecule has 2 aromatic heterocycles. The van der Waals surface area contributed by atoms with Crippen LogP contribution < -0.4 is 0 Å². The van der Waals surface area contributed by atoms with E-state index in [1.807, 2.05) is 13.8 Å². The SMILES string of the molecule is Cc1cnc2c(ccn2S(=O)(=O)c2ccccc2)c1C. The van der Waals surface area contributed by atoms with Gasteiger partial charge in [-0.15, -0.1) is 0 Å². The van der Waals surface area contributed by atoms with Crippen LogP contribution in [0.25, 0.3) is 11.0 Å². The zero-order valence-electron chi connectivity index (χ0n) is 11.2. The number of hydrogen-bond acceptors (Lipinski definition) is 3. The van der Waals surface area contributed by atoms with Gasteiger partial charge in [-0.25, -0.2) is 17.4 Å². The molecular weight excluding hydrogens is 272 g/mol. The lowest BCUT2D eigenvalue weighted by Gasteiger charge is -2.07. The molecule has 3 aromatic rings. The van der Waals surface area contributed by atoms with E-state index < -0.39 is 10.0 Å². The molecule has 0 unspecified atom stereocenters. The average molecular weight is 286 g/mol. The lowest BCUT2D eigenvalue weighted by Crippen LogP contribution is -2.12. The Balaban J connectivity index is 2.29. The summed E-state index contributed by atoms with van der Waals surface area (Å²) in [5, 5.41) is 0.865. The molecule has 4 nitrogen and oxygen atoms in total. The first kappa shape index (κ1) is 12.9. The van der Waals surface area contributed by atoms with Gasteiger partial charge < -0.3 is 0 Å². The van der Waals surface area contributed by atoms with Gasteiger partial charge in [0.15, 0.2) is 5.65 Å². The predicted octanol–water partition coefficient (Wildman–Crippen LogP) is 2.89. The van der Waals surface area contributed by atoms with Crippen LogP contribution in [0.4, 0.5) is 0 Å². The highest BCUT2D eigenvalue weighted by molar-refractivity contribution is 7.90. The molecule has 0 aliphatic carbocycles. The third kappa shape index (κ3) is 1.82. The molecule has 0 bridgehead atoms. The average Bonchev–Trinajstić information content (AvgIpc) is 2.89. The Morgan fingerprint density at radius 2 is 1.75 bits per heavy atom. The molecule has 20 heavy (non-hydrogen) atoms. The summed E-state index contributed by atoms with van der Waals surface area (Å²) in [5.41, 5.74) is 2.57. The first-order valence-corrected chi connectivity index (χ1v) is 7.70. The largest absolute Gasteiger partial charge is 0.269 e. The highest BCUT2D eigenvalue weighted by Gasteiger charge is 2.19. The van der Waals surface area contributed by atoms with Gasteiger partial charge in [0, 0.05) is 17.8 Å². The predicted molar refractivity (Wildman–Crippen MR) is 78.2 cm³/mol. The van der Waals surface area contributed by atoms with Gasteiger partial charge >= 0.3 is 0 Å². The van der Waals surface area contributed by atoms with Crippen LogP contribution in [0.5, 0.6) is 0 Å². The Bertz CT molecular complexity index is 881. The highest BCUT2D eigenvalue weighted by atomic mass is 32.2. The summed E-state index contributed by atoms with van der Waals surface area (Å²) < 4.78 is 26.5. The summed E-state index contributed by atoms with van der Waals surface area (Å²) in [7, 11) is -3.60. The van der Waals surface area contributed by atoms with E-state index >= 15 is 0 Å². The third-order valence-electron chi connectivity index (χ3n) is 3.50. The molecule has 0 aliphatic heterocycles. The lowest BCUT2D eigenvalue weighted by atomic mass is 10.1. The second-order valence-electron chi connectivity index (χ2n) is 4.73. The van der Waals surface area contributed by atoms with Crippen molar-refractivity contribution in [1.29, 1.82) is 0 Å². The second kappa shape index (κ2) is 4.45. The van der Waals surface area contributed by atoms with Gasteiger partial charge in [-0.3, -0.25) is 0 Å². The third-order valence-corrected chi connectivity index (χ3v) is 5.18. The van der Waals surface area contributed by atoms with Crippen molar-refractivity contribution in [2.75, 3.05) is 0 Å². The zero-order chi connectivity index (χ0) is 14.3. The number of pyridine rings is 1. The smallest absolute Gasteiger partial charge is 0.237 e. The molecule has 3 rings (SSSR count). The zero-order valence-corrected chi connectivity index (χ0v) is 12.1. The maximum absolute atomic E-state index is 12.6. The van der Waals surface area contributed by atoms with Crippen LogP contribution in [0.15, 0.2) is 53.7 Å². The van der Waals surface area contributed by atoms with Gasteiger partial charge in [0.2, 0.25) is 0 Å². The van der Waals surface area contributed by atoms with Gasteiger partial charge in [0.05, 0.1) is 4.90 Å². The molecule has 1 aromatic carbocycles. The Hall–Kier alpha value is -2.14. The van der Waals surface area contributed by atoms with Crippen molar-refractivity contribution in [2.45, 2.75) is 18.7 Å². The summed E-state index contributed by atoms with van der Waals surface area (Å²) in [6.45, 7) is 3.93. The molecule has 102 valence electrons. The molecule has 0 spiro atoms. The minimum atomic E-state index is -3.60. The van der Waals surface area contributed by atoms with Crippen molar-refractivity contribution >= 4 is 21.1 Å². The van der Waals surface area contributed by atoms with Crippen LogP contribution in [0.1, 0.15) is 11.1 Å². The molecule has 2 heterocycles. The van der Waals surface area contributed by atoms with E-state index in [2.05, 4.69) is 4.98 Å². The van der Waals surface area contributed by atoms with E-state index in [4.69, 9.17) is 0 Å². The molecule has 0 saturated carbocycles. The Labute approximate surface area is 117 Å². The molecule has 5 heteroatoms. The van der Waals surface area contributed by atoms with Crippen LogP contribution in [0.3, 0.4) is 0 Å². The molecule has 0 aliphatic rings. The highest BCUT2D eigenvalue weighted by Crippen LogP contribution is 2.24. The van der Waals surface area contributed by atoms with Crippen LogP contribution in [0.2, 0.25) is 0 Å². The van der Waals surface area contributed by atoms with Crippen molar-refractivity contribution < 1.29 is 8.42 Å². The molecule has 0 amide bonds. The minimum absolute atomic E-state index is 0.262. The van der Waals surface area contributed by atoms with Crippen LogP contribution >= 0.6 is 0 Å². The fraction of sp³-hybridized carbons (Fsp3) is 0.133. The van der Waals surface area contributed by atoms with Gasteiger partial charge in [-0.1, -0.05) is 18.2 Å². The minimum Gasteiger partial charge on any atom is -0.237 e. The van der Waals surface area contributed by atoms with Crippen molar-refractivity contribution in [2.24, 2.45) is 0 Å². The van der Waals surface area contributed by atoms with Crippen LogP contribution in [-0.2, 0) is 10.0 Å². The number of fused-ring (bicyclic) bond motifs is 1. The molecule has 0 atom stereocenters. The fourth-order valence-corrected chi connectivity index (χ4v) is 3.51.